The second-order valence-corrected chi connectivity index (χ2v) is 12.5. The largest absolute Gasteiger partial charge is 0.379 e. The molecule has 6 rings (SSSR count). The molecule has 0 N–H and O–H groups in total. The predicted molar refractivity (Wildman–Crippen MR) is 172 cm³/mol. The molecule has 2 amide bonds. The molecule has 2 saturated heterocycles. The van der Waals surface area contributed by atoms with Gasteiger partial charge in [0.15, 0.2) is 0 Å². The molecule has 9 nitrogen and oxygen atoms in total. The molecule has 3 aromatic carbocycles. The normalized spacial score (nSPS) is 16.6. The zero-order valence-electron chi connectivity index (χ0n) is 24.6. The number of benzene rings is 3. The number of ether oxygens (including phenoxy) is 2. The molecule has 2 aliphatic heterocycles. The summed E-state index contributed by atoms with van der Waals surface area (Å²) in [5.74, 6) is -0.152. The van der Waals surface area contributed by atoms with Gasteiger partial charge in [0.1, 0.15) is 6.54 Å². The lowest BCUT2D eigenvalue weighted by Crippen LogP contribution is -2.44. The fourth-order valence-corrected chi connectivity index (χ4v) is 6.80. The molecule has 0 spiro atoms. The van der Waals surface area contributed by atoms with E-state index in [0.717, 1.165) is 45.8 Å². The first kappa shape index (κ1) is 30.5. The number of morpholine rings is 2. The summed E-state index contributed by atoms with van der Waals surface area (Å²) in [4.78, 5) is 45.3. The summed E-state index contributed by atoms with van der Waals surface area (Å²) in [5, 5.41) is 0.520. The van der Waals surface area contributed by atoms with E-state index in [-0.39, 0.29) is 29.3 Å². The number of thiazole rings is 1. The van der Waals surface area contributed by atoms with Crippen molar-refractivity contribution in [2.24, 2.45) is 0 Å². The lowest BCUT2D eigenvalue weighted by Gasteiger charge is -2.35. The van der Waals surface area contributed by atoms with E-state index in [4.69, 9.17) is 21.1 Å². The van der Waals surface area contributed by atoms with Crippen molar-refractivity contribution in [3.05, 3.63) is 92.5 Å². The molecule has 2 fully saturated rings. The Morgan fingerprint density at radius 2 is 1.61 bits per heavy atom. The number of rotatable bonds is 8. The van der Waals surface area contributed by atoms with Crippen LogP contribution in [0.1, 0.15) is 22.0 Å². The molecule has 4 aromatic rings. The second-order valence-electron chi connectivity index (χ2n) is 11.1. The van der Waals surface area contributed by atoms with Gasteiger partial charge < -0.3 is 19.3 Å². The molecule has 2 aliphatic rings. The van der Waals surface area contributed by atoms with Gasteiger partial charge in [-0.3, -0.25) is 23.9 Å². The molecule has 0 saturated carbocycles. The maximum Gasteiger partial charge on any atom is 0.308 e. The molecule has 230 valence electrons. The minimum atomic E-state index is -0.243. The zero-order valence-corrected chi connectivity index (χ0v) is 26.2. The van der Waals surface area contributed by atoms with Crippen molar-refractivity contribution in [3.8, 4) is 11.1 Å². The molecule has 1 atom stereocenters. The molecule has 1 aromatic heterocycles. The van der Waals surface area contributed by atoms with Gasteiger partial charge in [0.05, 0.1) is 42.7 Å². The van der Waals surface area contributed by atoms with Crippen LogP contribution in [0, 0.1) is 0 Å². The van der Waals surface area contributed by atoms with Crippen LogP contribution in [-0.4, -0.2) is 97.3 Å². The summed E-state index contributed by atoms with van der Waals surface area (Å²) in [6.07, 6.45) is 0. The summed E-state index contributed by atoms with van der Waals surface area (Å²) >= 11 is 7.32. The van der Waals surface area contributed by atoms with Gasteiger partial charge in [-0.05, 0) is 47.0 Å². The highest BCUT2D eigenvalue weighted by Gasteiger charge is 2.27. The van der Waals surface area contributed by atoms with Crippen LogP contribution in [0.3, 0.4) is 0 Å². The van der Waals surface area contributed by atoms with Gasteiger partial charge in [-0.1, -0.05) is 59.3 Å². The number of carbonyl (C=O) groups excluding carboxylic acids is 2. The number of nitrogens with zero attached hydrogens (tertiary/aromatic N) is 4. The highest BCUT2D eigenvalue weighted by atomic mass is 35.5. The van der Waals surface area contributed by atoms with Crippen LogP contribution in [0.15, 0.2) is 71.5 Å². The lowest BCUT2D eigenvalue weighted by atomic mass is 9.98. The third-order valence-electron chi connectivity index (χ3n) is 8.36. The van der Waals surface area contributed by atoms with E-state index in [1.54, 1.807) is 24.1 Å². The number of hydrogen-bond donors (Lipinski definition) is 0. The quantitative estimate of drug-likeness (QED) is 0.286. The predicted octanol–water partition coefficient (Wildman–Crippen LogP) is 4.39. The number of aromatic nitrogens is 1. The van der Waals surface area contributed by atoms with Gasteiger partial charge in [-0.2, -0.15) is 0 Å². The molecular weight excluding hydrogens is 600 g/mol. The number of fused-ring (bicyclic) bond motifs is 1. The van der Waals surface area contributed by atoms with E-state index in [0.29, 0.717) is 62.2 Å². The van der Waals surface area contributed by atoms with Crippen molar-refractivity contribution >= 4 is 45.0 Å². The molecule has 11 heteroatoms. The highest BCUT2D eigenvalue weighted by Crippen LogP contribution is 2.28. The Balaban J connectivity index is 1.24. The number of likely N-dealkylation sites (N-methyl/N-ethyl adjacent to an activating group) is 1. The molecule has 1 unspecified atom stereocenters. The zero-order chi connectivity index (χ0) is 30.6. The van der Waals surface area contributed by atoms with Crippen molar-refractivity contribution in [1.82, 2.24) is 19.3 Å². The Hall–Kier alpha value is -3.54. The standard InChI is InChI=1S/C33H35ClN4O5S/c1-35(31(39)22-38-28-20-27(34)9-10-30(28)44-33(38)41)29(21-36-11-15-42-16-12-36)24-7-5-23(6-8-24)25-3-2-4-26(19-25)32(40)37-13-17-43-18-14-37/h2-10,19-20,29H,11-18,21-22H2,1H3. The van der Waals surface area contributed by atoms with Crippen LogP contribution < -0.4 is 4.87 Å². The molecule has 44 heavy (non-hydrogen) atoms. The van der Waals surface area contributed by atoms with Crippen LogP contribution in [0.5, 0.6) is 0 Å². The SMILES string of the molecule is CN(C(=O)Cn1c(=O)sc2ccc(Cl)cc21)C(CN1CCOCC1)c1ccc(-c2cccc(C(=O)N3CCOCC3)c2)cc1. The Bertz CT molecular complexity index is 1690. The summed E-state index contributed by atoms with van der Waals surface area (Å²) in [7, 11) is 1.80. The van der Waals surface area contributed by atoms with Gasteiger partial charge in [-0.15, -0.1) is 0 Å². The number of hydrogen-bond acceptors (Lipinski definition) is 7. The molecular formula is C33H35ClN4O5S. The topological polar surface area (TPSA) is 84.3 Å². The number of amides is 2. The summed E-state index contributed by atoms with van der Waals surface area (Å²) in [5.41, 5.74) is 4.24. The van der Waals surface area contributed by atoms with E-state index >= 15 is 0 Å². The summed E-state index contributed by atoms with van der Waals surface area (Å²) in [6.45, 7) is 5.76. The van der Waals surface area contributed by atoms with Crippen LogP contribution in [0.25, 0.3) is 21.3 Å². The van der Waals surface area contributed by atoms with E-state index in [2.05, 4.69) is 4.90 Å². The van der Waals surface area contributed by atoms with Gasteiger partial charge in [-0.25, -0.2) is 0 Å². The summed E-state index contributed by atoms with van der Waals surface area (Å²) < 4.78 is 13.3. The van der Waals surface area contributed by atoms with E-state index < -0.39 is 0 Å². The number of halogens is 1. The van der Waals surface area contributed by atoms with Crippen molar-refractivity contribution in [3.63, 3.8) is 0 Å². The van der Waals surface area contributed by atoms with Crippen LogP contribution in [0.2, 0.25) is 5.02 Å². The van der Waals surface area contributed by atoms with Gasteiger partial charge in [0.25, 0.3) is 5.91 Å². The third-order valence-corrected chi connectivity index (χ3v) is 9.55. The molecule has 3 heterocycles. The highest BCUT2D eigenvalue weighted by molar-refractivity contribution is 7.16. The van der Waals surface area contributed by atoms with Gasteiger partial charge in [0, 0.05) is 50.4 Å². The monoisotopic (exact) mass is 634 g/mol. The first-order valence-corrected chi connectivity index (χ1v) is 16.0. The van der Waals surface area contributed by atoms with Gasteiger partial charge >= 0.3 is 4.87 Å². The van der Waals surface area contributed by atoms with E-state index in [1.165, 1.54) is 4.57 Å². The van der Waals surface area contributed by atoms with Crippen LogP contribution in [0.4, 0.5) is 0 Å². The average Bonchev–Trinajstić information content (AvgIpc) is 3.37. The Morgan fingerprint density at radius 1 is 0.909 bits per heavy atom. The van der Waals surface area contributed by atoms with Crippen molar-refractivity contribution < 1.29 is 19.1 Å². The van der Waals surface area contributed by atoms with Crippen LogP contribution >= 0.6 is 22.9 Å². The smallest absolute Gasteiger partial charge is 0.308 e. The minimum Gasteiger partial charge on any atom is -0.379 e. The molecule has 0 aliphatic carbocycles. The second kappa shape index (κ2) is 13.6. The Morgan fingerprint density at radius 3 is 2.34 bits per heavy atom. The Labute approximate surface area is 265 Å². The third kappa shape index (κ3) is 6.74. The van der Waals surface area contributed by atoms with Crippen molar-refractivity contribution in [2.45, 2.75) is 12.6 Å². The fourth-order valence-electron chi connectivity index (χ4n) is 5.76. The van der Waals surface area contributed by atoms with E-state index in [9.17, 15) is 14.4 Å². The van der Waals surface area contributed by atoms with Crippen molar-refractivity contribution in [1.29, 1.82) is 0 Å². The molecule has 0 radical (unpaired) electrons. The van der Waals surface area contributed by atoms with Crippen molar-refractivity contribution in [2.75, 3.05) is 66.2 Å². The minimum absolute atomic E-state index is 0.0114. The van der Waals surface area contributed by atoms with Crippen LogP contribution in [-0.2, 0) is 20.8 Å². The maximum absolute atomic E-state index is 13.7. The van der Waals surface area contributed by atoms with E-state index in [1.807, 2.05) is 59.5 Å². The first-order valence-electron chi connectivity index (χ1n) is 14.8. The Kier molecular flexibility index (Phi) is 9.44. The maximum atomic E-state index is 13.7. The first-order chi connectivity index (χ1) is 21.4. The average molecular weight is 635 g/mol. The fraction of sp³-hybridized carbons (Fsp3) is 0.364. The molecule has 0 bridgehead atoms. The summed E-state index contributed by atoms with van der Waals surface area (Å²) in [6, 6.07) is 20.9. The number of carbonyl (C=O) groups is 2. The lowest BCUT2D eigenvalue weighted by molar-refractivity contribution is -0.133. The van der Waals surface area contributed by atoms with Gasteiger partial charge in [0.2, 0.25) is 5.91 Å².